The maximum atomic E-state index is 11.9. The lowest BCUT2D eigenvalue weighted by atomic mass is 10.2. The molecule has 0 heterocycles. The van der Waals surface area contributed by atoms with E-state index >= 15 is 0 Å². The number of para-hydroxylation sites is 1. The van der Waals surface area contributed by atoms with E-state index < -0.39 is 13.0 Å². The molecule has 0 unspecified atom stereocenters. The molecule has 1 aromatic rings. The molecule has 0 aromatic heterocycles. The van der Waals surface area contributed by atoms with E-state index in [4.69, 9.17) is 9.47 Å². The van der Waals surface area contributed by atoms with Crippen molar-refractivity contribution in [3.8, 4) is 5.75 Å². The third-order valence-corrected chi connectivity index (χ3v) is 3.07. The molecule has 0 aliphatic carbocycles. The molecular formula is C13H17BrF3NO3. The normalized spacial score (nSPS) is 11.7. The van der Waals surface area contributed by atoms with E-state index in [0.717, 1.165) is 5.56 Å². The Labute approximate surface area is 129 Å². The lowest BCUT2D eigenvalue weighted by Gasteiger charge is -2.14. The van der Waals surface area contributed by atoms with Gasteiger partial charge >= 0.3 is 6.36 Å². The van der Waals surface area contributed by atoms with Gasteiger partial charge < -0.3 is 14.8 Å². The number of halogens is 4. The van der Waals surface area contributed by atoms with E-state index in [-0.39, 0.29) is 6.61 Å². The first-order valence-corrected chi connectivity index (χ1v) is 7.04. The lowest BCUT2D eigenvalue weighted by molar-refractivity contribution is -0.325. The van der Waals surface area contributed by atoms with Crippen molar-refractivity contribution < 1.29 is 27.4 Å². The summed E-state index contributed by atoms with van der Waals surface area (Å²) >= 11 is 3.32. The fourth-order valence-corrected chi connectivity index (χ4v) is 2.07. The van der Waals surface area contributed by atoms with Crippen LogP contribution < -0.4 is 10.1 Å². The molecule has 4 nitrogen and oxygen atoms in total. The van der Waals surface area contributed by atoms with Gasteiger partial charge in [0, 0.05) is 25.8 Å². The van der Waals surface area contributed by atoms with Crippen LogP contribution in [0.25, 0.3) is 0 Å². The van der Waals surface area contributed by atoms with Crippen LogP contribution >= 0.6 is 15.9 Å². The Morgan fingerprint density at radius 1 is 1.19 bits per heavy atom. The number of nitrogens with one attached hydrogen (secondary N) is 1. The van der Waals surface area contributed by atoms with E-state index in [1.54, 1.807) is 13.2 Å². The molecule has 0 saturated heterocycles. The number of ether oxygens (including phenoxy) is 3. The molecule has 0 amide bonds. The molecule has 0 aliphatic heterocycles. The molecule has 0 atom stereocenters. The van der Waals surface area contributed by atoms with Gasteiger partial charge in [0.2, 0.25) is 0 Å². The van der Waals surface area contributed by atoms with Gasteiger partial charge in [0.15, 0.2) is 0 Å². The first-order chi connectivity index (χ1) is 9.94. The Hall–Kier alpha value is -0.830. The molecule has 120 valence electrons. The first-order valence-electron chi connectivity index (χ1n) is 6.24. The van der Waals surface area contributed by atoms with Crippen molar-refractivity contribution in [1.82, 2.24) is 5.32 Å². The topological polar surface area (TPSA) is 39.7 Å². The van der Waals surface area contributed by atoms with E-state index in [2.05, 4.69) is 26.0 Å². The van der Waals surface area contributed by atoms with Crippen LogP contribution in [0.5, 0.6) is 5.75 Å². The highest BCUT2D eigenvalue weighted by Gasteiger charge is 2.28. The summed E-state index contributed by atoms with van der Waals surface area (Å²) < 4.78 is 50.3. The molecule has 1 aromatic carbocycles. The molecule has 0 bridgehead atoms. The zero-order valence-electron chi connectivity index (χ0n) is 11.5. The molecule has 0 spiro atoms. The highest BCUT2D eigenvalue weighted by Crippen LogP contribution is 2.29. The third kappa shape index (κ3) is 7.66. The van der Waals surface area contributed by atoms with Gasteiger partial charge in [0.25, 0.3) is 0 Å². The van der Waals surface area contributed by atoms with Gasteiger partial charge in [-0.15, -0.1) is 13.2 Å². The Bertz CT molecular complexity index is 430. The minimum absolute atomic E-state index is 0.187. The van der Waals surface area contributed by atoms with Crippen molar-refractivity contribution in [2.24, 2.45) is 0 Å². The number of hydrogen-bond acceptors (Lipinski definition) is 4. The maximum absolute atomic E-state index is 11.9. The first kappa shape index (κ1) is 18.2. The summed E-state index contributed by atoms with van der Waals surface area (Å²) in [6.45, 7) is 1.02. The zero-order chi connectivity index (χ0) is 15.7. The van der Waals surface area contributed by atoms with Crippen LogP contribution in [0.4, 0.5) is 13.2 Å². The lowest BCUT2D eigenvalue weighted by Crippen LogP contribution is -2.20. The van der Waals surface area contributed by atoms with Crippen molar-refractivity contribution in [3.63, 3.8) is 0 Å². The van der Waals surface area contributed by atoms with E-state index in [9.17, 15) is 13.2 Å². The second kappa shape index (κ2) is 9.24. The minimum Gasteiger partial charge on any atom is -0.490 e. The fourth-order valence-electron chi connectivity index (χ4n) is 1.55. The predicted octanol–water partition coefficient (Wildman–Crippen LogP) is 3.10. The Morgan fingerprint density at radius 3 is 2.62 bits per heavy atom. The van der Waals surface area contributed by atoms with Gasteiger partial charge in [-0.3, -0.25) is 4.74 Å². The highest BCUT2D eigenvalue weighted by molar-refractivity contribution is 9.10. The van der Waals surface area contributed by atoms with Crippen LogP contribution in [0.15, 0.2) is 22.7 Å². The standard InChI is InChI=1S/C13H17BrF3NO3/c1-19-6-5-18-9-10-3-2-4-11(14)12(10)20-7-8-21-13(15,16)17/h2-4,18H,5-9H2,1H3. The highest BCUT2D eigenvalue weighted by atomic mass is 79.9. The minimum atomic E-state index is -4.64. The van der Waals surface area contributed by atoms with Crippen molar-refractivity contribution in [2.45, 2.75) is 12.9 Å². The summed E-state index contributed by atoms with van der Waals surface area (Å²) in [4.78, 5) is 0. The van der Waals surface area contributed by atoms with Gasteiger partial charge in [0.05, 0.1) is 17.7 Å². The molecule has 0 aliphatic rings. The largest absolute Gasteiger partial charge is 0.522 e. The molecular weight excluding hydrogens is 355 g/mol. The number of alkyl halides is 3. The molecule has 1 rings (SSSR count). The quantitative estimate of drug-likeness (QED) is 0.677. The van der Waals surface area contributed by atoms with Crippen LogP contribution in [0.2, 0.25) is 0 Å². The molecule has 0 saturated carbocycles. The maximum Gasteiger partial charge on any atom is 0.522 e. The Kier molecular flexibility index (Phi) is 8.02. The van der Waals surface area contributed by atoms with Gasteiger partial charge in [-0.2, -0.15) is 0 Å². The van der Waals surface area contributed by atoms with Gasteiger partial charge in [-0.1, -0.05) is 12.1 Å². The van der Waals surface area contributed by atoms with Crippen LogP contribution in [-0.2, 0) is 16.0 Å². The predicted molar refractivity (Wildman–Crippen MR) is 75.2 cm³/mol. The molecule has 1 N–H and O–H groups in total. The van der Waals surface area contributed by atoms with Gasteiger partial charge in [-0.25, -0.2) is 0 Å². The molecule has 21 heavy (non-hydrogen) atoms. The summed E-state index contributed by atoms with van der Waals surface area (Å²) in [6.07, 6.45) is -4.64. The molecule has 0 radical (unpaired) electrons. The average molecular weight is 372 g/mol. The Morgan fingerprint density at radius 2 is 1.95 bits per heavy atom. The zero-order valence-corrected chi connectivity index (χ0v) is 13.1. The van der Waals surface area contributed by atoms with E-state index in [1.807, 2.05) is 12.1 Å². The van der Waals surface area contributed by atoms with Crippen LogP contribution in [-0.4, -0.2) is 39.8 Å². The monoisotopic (exact) mass is 371 g/mol. The van der Waals surface area contributed by atoms with E-state index in [0.29, 0.717) is 29.9 Å². The van der Waals surface area contributed by atoms with Crippen LogP contribution in [0, 0.1) is 0 Å². The van der Waals surface area contributed by atoms with Crippen molar-refractivity contribution in [2.75, 3.05) is 33.5 Å². The van der Waals surface area contributed by atoms with E-state index in [1.165, 1.54) is 0 Å². The molecule has 8 heteroatoms. The number of hydrogen-bond donors (Lipinski definition) is 1. The summed E-state index contributed by atoms with van der Waals surface area (Å²) in [5.41, 5.74) is 0.840. The SMILES string of the molecule is COCCNCc1cccc(Br)c1OCCOC(F)(F)F. The summed E-state index contributed by atoms with van der Waals surface area (Å²) in [5.74, 6) is 0.508. The van der Waals surface area contributed by atoms with Crippen molar-refractivity contribution >= 4 is 15.9 Å². The third-order valence-electron chi connectivity index (χ3n) is 2.44. The number of rotatable bonds is 9. The fraction of sp³-hybridized carbons (Fsp3) is 0.538. The average Bonchev–Trinajstić information content (AvgIpc) is 2.40. The Balaban J connectivity index is 2.51. The second-order valence-electron chi connectivity index (χ2n) is 4.04. The summed E-state index contributed by atoms with van der Waals surface area (Å²) in [7, 11) is 1.61. The van der Waals surface area contributed by atoms with Crippen molar-refractivity contribution in [1.29, 1.82) is 0 Å². The van der Waals surface area contributed by atoms with Gasteiger partial charge in [0.1, 0.15) is 12.4 Å². The summed E-state index contributed by atoms with van der Waals surface area (Å²) in [6, 6.07) is 5.43. The smallest absolute Gasteiger partial charge is 0.490 e. The van der Waals surface area contributed by atoms with Crippen LogP contribution in [0.1, 0.15) is 5.56 Å². The number of methoxy groups -OCH3 is 1. The van der Waals surface area contributed by atoms with Gasteiger partial charge in [-0.05, 0) is 22.0 Å². The van der Waals surface area contributed by atoms with Crippen LogP contribution in [0.3, 0.4) is 0 Å². The summed E-state index contributed by atoms with van der Waals surface area (Å²) in [5, 5.41) is 3.15. The molecule has 0 fully saturated rings. The second-order valence-corrected chi connectivity index (χ2v) is 4.89. The number of benzene rings is 1. The van der Waals surface area contributed by atoms with Crippen molar-refractivity contribution in [3.05, 3.63) is 28.2 Å².